The molecule has 0 aromatic rings. The number of carbonyl (C=O) groups is 2. The number of carbonyl (C=O) groups excluding carboxylic acids is 2. The lowest BCUT2D eigenvalue weighted by atomic mass is 9.87. The first kappa shape index (κ1) is 21.5. The van der Waals surface area contributed by atoms with E-state index in [1.54, 1.807) is 6.92 Å². The summed E-state index contributed by atoms with van der Waals surface area (Å²) in [6, 6.07) is 0.531. The topological polar surface area (TPSA) is 52.7 Å². The monoisotopic (exact) mass is 383 g/mol. The number of urea groups is 1. The van der Waals surface area contributed by atoms with Crippen molar-refractivity contribution in [3.05, 3.63) is 0 Å². The van der Waals surface area contributed by atoms with Gasteiger partial charge < -0.3 is 10.2 Å². The standard InChI is InChI=1S/C20H37N3O2S/c1-3-22-12-7-10-19(22)16-21-20(25)23(14-15-26-17(2)24)13-11-18-8-5-4-6-9-18/h18-19H,3-16H2,1-2H3,(H,21,25). The van der Waals surface area contributed by atoms with Crippen molar-refractivity contribution in [2.24, 2.45) is 5.92 Å². The summed E-state index contributed by atoms with van der Waals surface area (Å²) in [5.41, 5.74) is 0. The molecule has 2 amide bonds. The van der Waals surface area contributed by atoms with Crippen LogP contribution in [-0.4, -0.2) is 65.5 Å². The maximum Gasteiger partial charge on any atom is 0.317 e. The van der Waals surface area contributed by atoms with Gasteiger partial charge in [-0.25, -0.2) is 4.79 Å². The van der Waals surface area contributed by atoms with E-state index in [0.717, 1.165) is 38.5 Å². The molecule has 2 fully saturated rings. The van der Waals surface area contributed by atoms with E-state index in [4.69, 9.17) is 0 Å². The molecular formula is C20H37N3O2S. The highest BCUT2D eigenvalue weighted by molar-refractivity contribution is 8.13. The number of likely N-dealkylation sites (tertiary alicyclic amines) is 1. The number of nitrogens with one attached hydrogen (secondary N) is 1. The number of hydrogen-bond acceptors (Lipinski definition) is 4. The summed E-state index contributed by atoms with van der Waals surface area (Å²) in [5, 5.41) is 3.29. The summed E-state index contributed by atoms with van der Waals surface area (Å²) in [6.45, 7) is 8.21. The largest absolute Gasteiger partial charge is 0.336 e. The molecule has 0 radical (unpaired) electrons. The molecule has 6 heteroatoms. The van der Waals surface area contributed by atoms with Gasteiger partial charge >= 0.3 is 6.03 Å². The molecule has 1 heterocycles. The van der Waals surface area contributed by atoms with E-state index in [1.807, 2.05) is 4.90 Å². The highest BCUT2D eigenvalue weighted by atomic mass is 32.2. The van der Waals surface area contributed by atoms with Crippen molar-refractivity contribution >= 4 is 22.9 Å². The summed E-state index contributed by atoms with van der Waals surface area (Å²) >= 11 is 1.32. The number of amides is 2. The van der Waals surface area contributed by atoms with Gasteiger partial charge in [0, 0.05) is 38.4 Å². The second-order valence-corrected chi connectivity index (χ2v) is 9.00. The maximum absolute atomic E-state index is 12.7. The van der Waals surface area contributed by atoms with Crippen LogP contribution in [0, 0.1) is 5.92 Å². The van der Waals surface area contributed by atoms with Gasteiger partial charge in [0.15, 0.2) is 5.12 Å². The van der Waals surface area contributed by atoms with Crippen LogP contribution in [0.3, 0.4) is 0 Å². The number of hydrogen-bond donors (Lipinski definition) is 1. The van der Waals surface area contributed by atoms with Crippen molar-refractivity contribution in [2.75, 3.05) is 38.5 Å². The minimum Gasteiger partial charge on any atom is -0.336 e. The van der Waals surface area contributed by atoms with E-state index in [2.05, 4.69) is 17.1 Å². The molecule has 0 aromatic heterocycles. The highest BCUT2D eigenvalue weighted by Crippen LogP contribution is 2.26. The lowest BCUT2D eigenvalue weighted by Crippen LogP contribution is -2.47. The summed E-state index contributed by atoms with van der Waals surface area (Å²) in [4.78, 5) is 28.3. The first-order chi connectivity index (χ1) is 12.6. The van der Waals surface area contributed by atoms with Crippen molar-refractivity contribution < 1.29 is 9.59 Å². The predicted octanol–water partition coefficient (Wildman–Crippen LogP) is 3.73. The van der Waals surface area contributed by atoms with Crippen LogP contribution in [0.1, 0.15) is 65.2 Å². The molecule has 5 nitrogen and oxygen atoms in total. The van der Waals surface area contributed by atoms with E-state index < -0.39 is 0 Å². The molecule has 1 N–H and O–H groups in total. The smallest absolute Gasteiger partial charge is 0.317 e. The zero-order chi connectivity index (χ0) is 18.8. The minimum absolute atomic E-state index is 0.0490. The third-order valence-electron chi connectivity index (χ3n) is 5.88. The summed E-state index contributed by atoms with van der Waals surface area (Å²) in [6.07, 6.45) is 10.2. The fraction of sp³-hybridized carbons (Fsp3) is 0.900. The van der Waals surface area contributed by atoms with E-state index in [1.165, 1.54) is 56.7 Å². The second kappa shape index (κ2) is 11.9. The van der Waals surface area contributed by atoms with Gasteiger partial charge in [-0.05, 0) is 38.3 Å². The van der Waals surface area contributed by atoms with Gasteiger partial charge in [0.2, 0.25) is 0 Å². The van der Waals surface area contributed by atoms with Gasteiger partial charge in [0.05, 0.1) is 0 Å². The molecule has 2 rings (SSSR count). The Bertz CT molecular complexity index is 441. The Balaban J connectivity index is 1.79. The van der Waals surface area contributed by atoms with Gasteiger partial charge in [-0.15, -0.1) is 0 Å². The molecule has 1 unspecified atom stereocenters. The van der Waals surface area contributed by atoms with Crippen LogP contribution in [0.25, 0.3) is 0 Å². The molecule has 0 bridgehead atoms. The van der Waals surface area contributed by atoms with Gasteiger partial charge in [0.25, 0.3) is 0 Å². The van der Waals surface area contributed by atoms with Crippen LogP contribution in [0.2, 0.25) is 0 Å². The predicted molar refractivity (Wildman–Crippen MR) is 110 cm³/mol. The average Bonchev–Trinajstić information content (AvgIpc) is 3.10. The van der Waals surface area contributed by atoms with Gasteiger partial charge in [-0.2, -0.15) is 0 Å². The van der Waals surface area contributed by atoms with Gasteiger partial charge in [0.1, 0.15) is 0 Å². The SMILES string of the molecule is CCN1CCCC1CNC(=O)N(CCSC(C)=O)CCC1CCCCC1. The second-order valence-electron chi connectivity index (χ2n) is 7.73. The fourth-order valence-electron chi connectivity index (χ4n) is 4.29. The van der Waals surface area contributed by atoms with Crippen LogP contribution in [0.15, 0.2) is 0 Å². The van der Waals surface area contributed by atoms with Crippen LogP contribution < -0.4 is 5.32 Å². The fourth-order valence-corrected chi connectivity index (χ4v) is 4.89. The van der Waals surface area contributed by atoms with Crippen molar-refractivity contribution in [1.29, 1.82) is 0 Å². The first-order valence-corrected chi connectivity index (χ1v) is 11.5. The molecule has 150 valence electrons. The van der Waals surface area contributed by atoms with Crippen LogP contribution in [0.5, 0.6) is 0 Å². The zero-order valence-electron chi connectivity index (χ0n) is 16.7. The number of likely N-dealkylation sites (N-methyl/N-ethyl adjacent to an activating group) is 1. The van der Waals surface area contributed by atoms with Crippen molar-refractivity contribution in [2.45, 2.75) is 71.3 Å². The molecule has 1 saturated heterocycles. The molecule has 1 saturated carbocycles. The Morgan fingerprint density at radius 2 is 1.88 bits per heavy atom. The molecular weight excluding hydrogens is 346 g/mol. The minimum atomic E-state index is 0.0490. The van der Waals surface area contributed by atoms with Crippen molar-refractivity contribution in [3.63, 3.8) is 0 Å². The van der Waals surface area contributed by atoms with Crippen LogP contribution >= 0.6 is 11.8 Å². The normalized spacial score (nSPS) is 21.7. The summed E-state index contributed by atoms with van der Waals surface area (Å²) < 4.78 is 0. The molecule has 26 heavy (non-hydrogen) atoms. The number of rotatable bonds is 9. The molecule has 2 aliphatic rings. The molecule has 1 atom stereocenters. The Morgan fingerprint density at radius 3 is 2.58 bits per heavy atom. The average molecular weight is 384 g/mol. The third-order valence-corrected chi connectivity index (χ3v) is 6.67. The Kier molecular flexibility index (Phi) is 9.83. The third kappa shape index (κ3) is 7.47. The number of thioether (sulfide) groups is 1. The lowest BCUT2D eigenvalue weighted by molar-refractivity contribution is -0.109. The van der Waals surface area contributed by atoms with Crippen molar-refractivity contribution in [3.8, 4) is 0 Å². The quantitative estimate of drug-likeness (QED) is 0.659. The van der Waals surface area contributed by atoms with Gasteiger partial charge in [-0.1, -0.05) is 50.8 Å². The Morgan fingerprint density at radius 1 is 1.12 bits per heavy atom. The molecule has 0 spiro atoms. The van der Waals surface area contributed by atoms with Crippen LogP contribution in [-0.2, 0) is 4.79 Å². The van der Waals surface area contributed by atoms with Gasteiger partial charge in [-0.3, -0.25) is 9.69 Å². The molecule has 0 aromatic carbocycles. The summed E-state index contributed by atoms with van der Waals surface area (Å²) in [5.74, 6) is 1.46. The Hall–Kier alpha value is -0.750. The first-order valence-electron chi connectivity index (χ1n) is 10.5. The van der Waals surface area contributed by atoms with E-state index in [-0.39, 0.29) is 11.1 Å². The highest BCUT2D eigenvalue weighted by Gasteiger charge is 2.24. The van der Waals surface area contributed by atoms with Crippen LogP contribution in [0.4, 0.5) is 4.79 Å². The van der Waals surface area contributed by atoms with E-state index in [0.29, 0.717) is 18.3 Å². The van der Waals surface area contributed by atoms with E-state index in [9.17, 15) is 9.59 Å². The number of nitrogens with zero attached hydrogens (tertiary/aromatic N) is 2. The maximum atomic E-state index is 12.7. The molecule has 1 aliphatic carbocycles. The van der Waals surface area contributed by atoms with E-state index >= 15 is 0 Å². The molecule has 1 aliphatic heterocycles. The Labute approximate surface area is 163 Å². The lowest BCUT2D eigenvalue weighted by Gasteiger charge is -2.29. The summed E-state index contributed by atoms with van der Waals surface area (Å²) in [7, 11) is 0. The van der Waals surface area contributed by atoms with Crippen molar-refractivity contribution in [1.82, 2.24) is 15.1 Å². The zero-order valence-corrected chi connectivity index (χ0v) is 17.5.